The van der Waals surface area contributed by atoms with E-state index in [9.17, 15) is 13.2 Å². The maximum atomic E-state index is 12.8. The van der Waals surface area contributed by atoms with E-state index in [-0.39, 0.29) is 32.5 Å². The van der Waals surface area contributed by atoms with Crippen molar-refractivity contribution in [1.29, 1.82) is 0 Å². The smallest absolute Gasteiger partial charge is 0.208 e. The number of aromatic nitrogens is 4. The van der Waals surface area contributed by atoms with Gasteiger partial charge in [-0.1, -0.05) is 24.3 Å². The molecular formula is C14H8N4O3S. The molecule has 2 aromatic carbocycles. The lowest BCUT2D eigenvalue weighted by molar-refractivity contribution is 0.103. The van der Waals surface area contributed by atoms with Gasteiger partial charge in [0.25, 0.3) is 0 Å². The monoisotopic (exact) mass is 312 g/mol. The molecule has 0 unspecified atom stereocenters. The van der Waals surface area contributed by atoms with Crippen molar-refractivity contribution in [2.45, 2.75) is 9.79 Å². The molecule has 3 aromatic rings. The molecule has 1 aliphatic rings. The van der Waals surface area contributed by atoms with Crippen molar-refractivity contribution < 1.29 is 13.2 Å². The van der Waals surface area contributed by atoms with Gasteiger partial charge in [0.05, 0.1) is 15.4 Å². The maximum Gasteiger partial charge on any atom is 0.208 e. The molecule has 22 heavy (non-hydrogen) atoms. The van der Waals surface area contributed by atoms with Crippen molar-refractivity contribution in [2.75, 3.05) is 0 Å². The molecule has 2 heterocycles. The van der Waals surface area contributed by atoms with Crippen LogP contribution in [0.2, 0.25) is 0 Å². The van der Waals surface area contributed by atoms with Crippen molar-refractivity contribution in [1.82, 2.24) is 20.6 Å². The first-order valence-electron chi connectivity index (χ1n) is 6.36. The van der Waals surface area contributed by atoms with E-state index in [1.807, 2.05) is 0 Å². The first-order valence-corrected chi connectivity index (χ1v) is 7.85. The van der Waals surface area contributed by atoms with E-state index in [4.69, 9.17) is 0 Å². The number of ketones is 1. The third-order valence-corrected chi connectivity index (χ3v) is 5.42. The predicted molar refractivity (Wildman–Crippen MR) is 74.9 cm³/mol. The summed E-state index contributed by atoms with van der Waals surface area (Å²) in [4.78, 5) is 12.8. The Kier molecular flexibility index (Phi) is 2.52. The van der Waals surface area contributed by atoms with Crippen LogP contribution in [-0.4, -0.2) is 34.8 Å². The maximum absolute atomic E-state index is 12.8. The SMILES string of the molecule is O=C1c2ccccc2S(=O)(=O)c2cccc(-c3nnn[nH]3)c21. The Morgan fingerprint density at radius 3 is 2.41 bits per heavy atom. The minimum Gasteiger partial charge on any atom is -0.288 e. The average Bonchev–Trinajstić information content (AvgIpc) is 3.07. The van der Waals surface area contributed by atoms with Crippen LogP contribution in [0.5, 0.6) is 0 Å². The number of sulfone groups is 1. The van der Waals surface area contributed by atoms with Gasteiger partial charge < -0.3 is 0 Å². The van der Waals surface area contributed by atoms with Gasteiger partial charge in [0.1, 0.15) is 0 Å². The molecular weight excluding hydrogens is 304 g/mol. The molecule has 0 saturated heterocycles. The Bertz CT molecular complexity index is 1010. The number of nitrogens with one attached hydrogen (secondary N) is 1. The largest absolute Gasteiger partial charge is 0.288 e. The zero-order valence-electron chi connectivity index (χ0n) is 11.0. The molecule has 108 valence electrons. The van der Waals surface area contributed by atoms with Gasteiger partial charge in [-0.15, -0.1) is 5.10 Å². The number of carbonyl (C=O) groups excluding carboxylic acids is 1. The number of aromatic amines is 1. The third kappa shape index (κ3) is 1.58. The number of hydrogen-bond donors (Lipinski definition) is 1. The van der Waals surface area contributed by atoms with Gasteiger partial charge in [-0.05, 0) is 28.6 Å². The van der Waals surface area contributed by atoms with E-state index < -0.39 is 9.84 Å². The molecule has 0 amide bonds. The zero-order valence-corrected chi connectivity index (χ0v) is 11.8. The highest BCUT2D eigenvalue weighted by atomic mass is 32.2. The highest BCUT2D eigenvalue weighted by molar-refractivity contribution is 7.91. The molecule has 1 aromatic heterocycles. The molecule has 0 saturated carbocycles. The molecule has 0 atom stereocenters. The average molecular weight is 312 g/mol. The summed E-state index contributed by atoms with van der Waals surface area (Å²) in [5.41, 5.74) is 0.625. The van der Waals surface area contributed by atoms with Gasteiger partial charge in [-0.3, -0.25) is 4.79 Å². The molecule has 0 fully saturated rings. The van der Waals surface area contributed by atoms with Crippen LogP contribution in [0.1, 0.15) is 15.9 Å². The third-order valence-electron chi connectivity index (χ3n) is 3.56. The molecule has 7 nitrogen and oxygen atoms in total. The van der Waals surface area contributed by atoms with Crippen LogP contribution in [0.25, 0.3) is 11.4 Å². The molecule has 8 heteroatoms. The summed E-state index contributed by atoms with van der Waals surface area (Å²) in [6, 6.07) is 10.8. The van der Waals surface area contributed by atoms with Crippen molar-refractivity contribution in [3.8, 4) is 11.4 Å². The van der Waals surface area contributed by atoms with Crippen LogP contribution >= 0.6 is 0 Å². The van der Waals surface area contributed by atoms with Gasteiger partial charge >= 0.3 is 0 Å². The Labute approximate surface area is 124 Å². The number of tetrazole rings is 1. The first kappa shape index (κ1) is 12.8. The number of fused-ring (bicyclic) bond motifs is 2. The normalized spacial score (nSPS) is 15.2. The second-order valence-electron chi connectivity index (χ2n) is 4.76. The lowest BCUT2D eigenvalue weighted by atomic mass is 9.97. The predicted octanol–water partition coefficient (Wildman–Crippen LogP) is 1.24. The summed E-state index contributed by atoms with van der Waals surface area (Å²) in [5, 5.41) is 13.3. The first-order chi connectivity index (χ1) is 10.6. The highest BCUT2D eigenvalue weighted by Gasteiger charge is 2.36. The summed E-state index contributed by atoms with van der Waals surface area (Å²) in [6.45, 7) is 0. The lowest BCUT2D eigenvalue weighted by Gasteiger charge is -2.20. The topological polar surface area (TPSA) is 106 Å². The summed E-state index contributed by atoms with van der Waals surface area (Å²) < 4.78 is 25.5. The van der Waals surface area contributed by atoms with Crippen LogP contribution in [0, 0.1) is 0 Å². The van der Waals surface area contributed by atoms with Crippen LogP contribution in [-0.2, 0) is 9.84 Å². The molecule has 4 rings (SSSR count). The summed E-state index contributed by atoms with van der Waals surface area (Å²) in [6.07, 6.45) is 0. The molecule has 0 radical (unpaired) electrons. The second kappa shape index (κ2) is 4.31. The number of nitrogens with zero attached hydrogens (tertiary/aromatic N) is 3. The number of carbonyl (C=O) groups is 1. The quantitative estimate of drug-likeness (QED) is 0.567. The van der Waals surface area contributed by atoms with Gasteiger partial charge in [-0.2, -0.15) is 0 Å². The van der Waals surface area contributed by atoms with E-state index in [2.05, 4.69) is 20.6 Å². The molecule has 0 aliphatic carbocycles. The summed E-state index contributed by atoms with van der Waals surface area (Å²) in [7, 11) is -3.75. The van der Waals surface area contributed by atoms with Gasteiger partial charge in [0.15, 0.2) is 11.6 Å². The van der Waals surface area contributed by atoms with Crippen LogP contribution in [0.4, 0.5) is 0 Å². The molecule has 1 aliphatic heterocycles. The van der Waals surface area contributed by atoms with Crippen molar-refractivity contribution >= 4 is 15.6 Å². The van der Waals surface area contributed by atoms with E-state index in [1.54, 1.807) is 24.3 Å². The fourth-order valence-corrected chi connectivity index (χ4v) is 4.28. The van der Waals surface area contributed by atoms with Crippen molar-refractivity contribution in [3.05, 3.63) is 53.6 Å². The number of hydrogen-bond acceptors (Lipinski definition) is 6. The Morgan fingerprint density at radius 2 is 1.64 bits per heavy atom. The molecule has 0 bridgehead atoms. The molecule has 0 spiro atoms. The second-order valence-corrected chi connectivity index (χ2v) is 6.64. The Balaban J connectivity index is 2.12. The van der Waals surface area contributed by atoms with E-state index >= 15 is 0 Å². The Hall–Kier alpha value is -2.87. The standard InChI is InChI=1S/C14H8N4O3S/c19-13-8-4-1-2-6-10(8)22(20,21)11-7-3-5-9(12(11)13)14-15-17-18-16-14/h1-7H,(H,15,16,17,18). The number of H-pyrrole nitrogens is 1. The summed E-state index contributed by atoms with van der Waals surface area (Å²) >= 11 is 0. The van der Waals surface area contributed by atoms with Crippen LogP contribution in [0.15, 0.2) is 52.3 Å². The molecule has 1 N–H and O–H groups in total. The van der Waals surface area contributed by atoms with Crippen LogP contribution < -0.4 is 0 Å². The number of rotatable bonds is 1. The zero-order chi connectivity index (χ0) is 15.3. The minimum absolute atomic E-state index is 0.0231. The van der Waals surface area contributed by atoms with Crippen LogP contribution in [0.3, 0.4) is 0 Å². The fraction of sp³-hybridized carbons (Fsp3) is 0. The van der Waals surface area contributed by atoms with E-state index in [0.29, 0.717) is 5.56 Å². The van der Waals surface area contributed by atoms with E-state index in [0.717, 1.165) is 0 Å². The van der Waals surface area contributed by atoms with Gasteiger partial charge in [0, 0.05) is 11.1 Å². The fourth-order valence-electron chi connectivity index (χ4n) is 2.60. The van der Waals surface area contributed by atoms with Crippen molar-refractivity contribution in [3.63, 3.8) is 0 Å². The summed E-state index contributed by atoms with van der Waals surface area (Å²) in [5.74, 6) is -0.104. The van der Waals surface area contributed by atoms with Crippen molar-refractivity contribution in [2.24, 2.45) is 0 Å². The van der Waals surface area contributed by atoms with Gasteiger partial charge in [-0.25, -0.2) is 13.5 Å². The highest BCUT2D eigenvalue weighted by Crippen LogP contribution is 2.38. The minimum atomic E-state index is -3.75. The number of benzene rings is 2. The van der Waals surface area contributed by atoms with Gasteiger partial charge in [0.2, 0.25) is 9.84 Å². The Morgan fingerprint density at radius 1 is 0.909 bits per heavy atom. The van der Waals surface area contributed by atoms with E-state index in [1.165, 1.54) is 18.2 Å². The lowest BCUT2D eigenvalue weighted by Crippen LogP contribution is -2.21.